The molecule has 1 N–H and O–H groups in total. The Labute approximate surface area is 187 Å². The van der Waals surface area contributed by atoms with Crippen LogP contribution in [0.2, 0.25) is 0 Å². The van der Waals surface area contributed by atoms with Gasteiger partial charge in [0.05, 0.1) is 11.9 Å². The van der Waals surface area contributed by atoms with E-state index in [0.29, 0.717) is 37.4 Å². The van der Waals surface area contributed by atoms with Crippen molar-refractivity contribution in [1.29, 1.82) is 0 Å². The fraction of sp³-hybridized carbons (Fsp3) is 0.200. The quantitative estimate of drug-likeness (QED) is 0.408. The van der Waals surface area contributed by atoms with Crippen LogP contribution in [0.15, 0.2) is 91.0 Å². The van der Waals surface area contributed by atoms with Gasteiger partial charge in [0.25, 0.3) is 11.8 Å². The van der Waals surface area contributed by atoms with E-state index in [-0.39, 0.29) is 23.2 Å². The van der Waals surface area contributed by atoms with E-state index in [1.54, 1.807) is 66.4 Å². The highest BCUT2D eigenvalue weighted by Gasteiger charge is 2.26. The first-order chi connectivity index (χ1) is 15.5. The topological polar surface area (TPSA) is 61.9 Å². The maximum Gasteiger partial charge on any atom is 0.270 e. The number of nitrogens with one attached hydrogen (secondary N) is 1. The van der Waals surface area contributed by atoms with Crippen molar-refractivity contribution >= 4 is 17.5 Å². The van der Waals surface area contributed by atoms with Gasteiger partial charge in [-0.1, -0.05) is 43.0 Å². The van der Waals surface area contributed by atoms with Crippen molar-refractivity contribution in [2.45, 2.75) is 6.92 Å². The smallest absolute Gasteiger partial charge is 0.270 e. The minimum absolute atomic E-state index is 0.0627. The number of piperazine rings is 1. The van der Waals surface area contributed by atoms with Crippen LogP contribution in [0, 0.1) is 5.82 Å². The van der Waals surface area contributed by atoms with E-state index in [1.165, 1.54) is 18.4 Å². The molecule has 0 aliphatic carbocycles. The zero-order valence-electron chi connectivity index (χ0n) is 18.0. The fourth-order valence-corrected chi connectivity index (χ4v) is 3.31. The van der Waals surface area contributed by atoms with E-state index in [1.807, 2.05) is 4.90 Å². The highest BCUT2D eigenvalue weighted by atomic mass is 19.1. The molecular formula is C25H26FN3O3. The van der Waals surface area contributed by atoms with Gasteiger partial charge in [-0.15, -0.1) is 0 Å². The van der Waals surface area contributed by atoms with Crippen LogP contribution < -0.4 is 10.2 Å². The summed E-state index contributed by atoms with van der Waals surface area (Å²) in [6.07, 6.45) is 4.53. The summed E-state index contributed by atoms with van der Waals surface area (Å²) in [6, 6.07) is 15.2. The molecule has 0 aromatic heterocycles. The second-order valence-corrected chi connectivity index (χ2v) is 7.16. The highest BCUT2D eigenvalue weighted by Crippen LogP contribution is 2.20. The van der Waals surface area contributed by atoms with Crippen LogP contribution in [0.1, 0.15) is 17.3 Å². The lowest BCUT2D eigenvalue weighted by molar-refractivity contribution is -0.127. The van der Waals surface area contributed by atoms with Crippen molar-refractivity contribution < 1.29 is 18.7 Å². The van der Waals surface area contributed by atoms with Crippen LogP contribution in [0.4, 0.5) is 10.1 Å². The molecule has 1 saturated heterocycles. The number of amides is 2. The number of para-hydroxylation sites is 1. The number of carbonyl (C=O) groups is 2. The van der Waals surface area contributed by atoms with E-state index >= 15 is 0 Å². The number of benzene rings is 2. The second-order valence-electron chi connectivity index (χ2n) is 7.16. The molecule has 0 unspecified atom stereocenters. The van der Waals surface area contributed by atoms with Crippen molar-refractivity contribution in [3.63, 3.8) is 0 Å². The summed E-state index contributed by atoms with van der Waals surface area (Å²) in [5, 5.41) is 2.68. The fourth-order valence-electron chi connectivity index (χ4n) is 3.31. The predicted molar refractivity (Wildman–Crippen MR) is 122 cm³/mol. The number of allylic oxidation sites excluding steroid dienone is 2. The molecule has 3 rings (SSSR count). The van der Waals surface area contributed by atoms with Crippen LogP contribution in [0.25, 0.3) is 0 Å². The minimum atomic E-state index is -0.408. The third-order valence-electron chi connectivity index (χ3n) is 4.94. The minimum Gasteiger partial charge on any atom is -0.466 e. The van der Waals surface area contributed by atoms with E-state index < -0.39 is 5.91 Å². The number of carbonyl (C=O) groups excluding carboxylic acids is 2. The van der Waals surface area contributed by atoms with Crippen molar-refractivity contribution in [3.8, 4) is 0 Å². The molecule has 1 heterocycles. The number of ether oxygens (including phenoxy) is 1. The zero-order chi connectivity index (χ0) is 22.9. The summed E-state index contributed by atoms with van der Waals surface area (Å²) in [4.78, 5) is 29.4. The molecule has 0 spiro atoms. The molecule has 2 aromatic rings. The Morgan fingerprint density at radius 3 is 2.34 bits per heavy atom. The largest absolute Gasteiger partial charge is 0.466 e. The van der Waals surface area contributed by atoms with Gasteiger partial charge in [-0.3, -0.25) is 9.59 Å². The molecule has 7 heteroatoms. The number of nitrogens with zero attached hydrogens (tertiary/aromatic N) is 2. The normalized spacial score (nSPS) is 14.4. The molecule has 2 amide bonds. The summed E-state index contributed by atoms with van der Waals surface area (Å²) in [7, 11) is 0. The Kier molecular flexibility index (Phi) is 7.80. The Hall–Kier alpha value is -3.87. The van der Waals surface area contributed by atoms with Gasteiger partial charge in [-0.05, 0) is 31.2 Å². The first kappa shape index (κ1) is 22.8. The molecule has 1 aliphatic rings. The van der Waals surface area contributed by atoms with Gasteiger partial charge in [0, 0.05) is 37.8 Å². The maximum absolute atomic E-state index is 14.1. The van der Waals surface area contributed by atoms with Crippen LogP contribution in [0.3, 0.4) is 0 Å². The third kappa shape index (κ3) is 5.85. The van der Waals surface area contributed by atoms with Crippen LogP contribution in [0.5, 0.6) is 0 Å². The van der Waals surface area contributed by atoms with E-state index in [0.717, 1.165) is 0 Å². The number of hydrogen-bond acceptors (Lipinski definition) is 4. The van der Waals surface area contributed by atoms with Crippen molar-refractivity contribution in [1.82, 2.24) is 10.2 Å². The lowest BCUT2D eigenvalue weighted by Gasteiger charge is -2.36. The third-order valence-corrected chi connectivity index (χ3v) is 4.94. The van der Waals surface area contributed by atoms with E-state index in [9.17, 15) is 14.0 Å². The molecule has 166 valence electrons. The molecule has 1 aliphatic heterocycles. The van der Waals surface area contributed by atoms with Crippen LogP contribution in [-0.2, 0) is 9.53 Å². The Bertz CT molecular complexity index is 1030. The molecule has 32 heavy (non-hydrogen) atoms. The first-order valence-electron chi connectivity index (χ1n) is 10.3. The average molecular weight is 435 g/mol. The van der Waals surface area contributed by atoms with Crippen molar-refractivity contribution in [2.75, 3.05) is 31.1 Å². The molecule has 0 saturated carbocycles. The molecule has 6 nitrogen and oxygen atoms in total. The maximum atomic E-state index is 14.1. The van der Waals surface area contributed by atoms with Crippen molar-refractivity contribution in [2.24, 2.45) is 0 Å². The monoisotopic (exact) mass is 435 g/mol. The summed E-state index contributed by atoms with van der Waals surface area (Å²) in [5.74, 6) is -0.841. The Balaban J connectivity index is 1.73. The standard InChI is InChI=1S/C25H26FN3O3/c1-3-17-32-19(2)18-22(27-24(30)20-9-5-4-6-10-20)25(31)29-15-13-28(14-16-29)23-12-8-7-11-21(23)26/h3-12,17-18H,2,13-16H2,1H3,(H,27,30)/b17-3-,22-18-. The molecule has 0 bridgehead atoms. The van der Waals surface area contributed by atoms with Gasteiger partial charge < -0.3 is 19.9 Å². The zero-order valence-corrected chi connectivity index (χ0v) is 18.0. The van der Waals surface area contributed by atoms with Gasteiger partial charge in [0.2, 0.25) is 0 Å². The number of rotatable bonds is 7. The van der Waals surface area contributed by atoms with Gasteiger partial charge in [-0.25, -0.2) is 4.39 Å². The summed E-state index contributed by atoms with van der Waals surface area (Å²) >= 11 is 0. The molecular weight excluding hydrogens is 409 g/mol. The SMILES string of the molecule is C=C(/C=C(\NC(=O)c1ccccc1)C(=O)N1CCN(c2ccccc2F)CC1)O/C=C\C. The van der Waals surface area contributed by atoms with E-state index in [4.69, 9.17) is 4.74 Å². The predicted octanol–water partition coefficient (Wildman–Crippen LogP) is 3.85. The molecule has 0 radical (unpaired) electrons. The number of halogens is 1. The molecule has 0 atom stereocenters. The number of anilines is 1. The Morgan fingerprint density at radius 1 is 1.03 bits per heavy atom. The van der Waals surface area contributed by atoms with Crippen molar-refractivity contribution in [3.05, 3.63) is 102 Å². The van der Waals surface area contributed by atoms with Gasteiger partial charge in [0.15, 0.2) is 0 Å². The average Bonchev–Trinajstić information content (AvgIpc) is 2.83. The summed E-state index contributed by atoms with van der Waals surface area (Å²) in [5.41, 5.74) is 1.00. The van der Waals surface area contributed by atoms with Gasteiger partial charge in [0.1, 0.15) is 17.3 Å². The van der Waals surface area contributed by atoms with Gasteiger partial charge >= 0.3 is 0 Å². The molecule has 2 aromatic carbocycles. The van der Waals surface area contributed by atoms with Crippen LogP contribution >= 0.6 is 0 Å². The first-order valence-corrected chi connectivity index (χ1v) is 10.3. The number of hydrogen-bond donors (Lipinski definition) is 1. The summed E-state index contributed by atoms with van der Waals surface area (Å²) in [6.45, 7) is 7.28. The highest BCUT2D eigenvalue weighted by molar-refractivity contribution is 6.03. The van der Waals surface area contributed by atoms with Crippen LogP contribution in [-0.4, -0.2) is 42.9 Å². The van der Waals surface area contributed by atoms with E-state index in [2.05, 4.69) is 11.9 Å². The summed E-state index contributed by atoms with van der Waals surface area (Å²) < 4.78 is 19.4. The lowest BCUT2D eigenvalue weighted by atomic mass is 10.2. The Morgan fingerprint density at radius 2 is 1.69 bits per heavy atom. The molecule has 1 fully saturated rings. The lowest BCUT2D eigenvalue weighted by Crippen LogP contribution is -2.50. The van der Waals surface area contributed by atoms with Gasteiger partial charge in [-0.2, -0.15) is 0 Å². The second kappa shape index (κ2) is 10.9.